The Hall–Kier alpha value is -1.59. The maximum Gasteiger partial charge on any atom is 0.410 e. The van der Waals surface area contributed by atoms with Crippen LogP contribution in [0.3, 0.4) is 0 Å². The van der Waals surface area contributed by atoms with Gasteiger partial charge < -0.3 is 9.47 Å². The molecule has 0 radical (unpaired) electrons. The first-order valence-corrected chi connectivity index (χ1v) is 10.5. The molecular weight excluding hydrogens is 370 g/mol. The van der Waals surface area contributed by atoms with Crippen LogP contribution < -0.4 is 4.74 Å². The van der Waals surface area contributed by atoms with Gasteiger partial charge >= 0.3 is 6.09 Å². The summed E-state index contributed by atoms with van der Waals surface area (Å²) in [6, 6.07) is 5.36. The van der Waals surface area contributed by atoms with E-state index < -0.39 is 5.60 Å². The molecule has 2 aliphatic heterocycles. The fourth-order valence-corrected chi connectivity index (χ4v) is 6.40. The molecule has 3 rings (SSSR count). The zero-order valence-corrected chi connectivity index (χ0v) is 16.9. The molecule has 0 saturated carbocycles. The van der Waals surface area contributed by atoms with Crippen LogP contribution in [0.1, 0.15) is 32.8 Å². The molecule has 0 aliphatic carbocycles. The molecule has 3 heterocycles. The van der Waals surface area contributed by atoms with Gasteiger partial charge in [0, 0.05) is 24.2 Å². The second-order valence-corrected chi connectivity index (χ2v) is 10.6. The minimum absolute atomic E-state index is 0.0209. The highest BCUT2D eigenvalue weighted by Gasteiger charge is 2.50. The van der Waals surface area contributed by atoms with Crippen LogP contribution >= 0.6 is 23.5 Å². The Morgan fingerprint density at radius 1 is 1.46 bits per heavy atom. The Morgan fingerprint density at radius 3 is 2.85 bits per heavy atom. The summed E-state index contributed by atoms with van der Waals surface area (Å²) in [7, 11) is 0. The molecule has 2 fully saturated rings. The predicted octanol–water partition coefficient (Wildman–Crippen LogP) is 3.52. The molecule has 1 amide bonds. The highest BCUT2D eigenvalue weighted by atomic mass is 32.2. The number of pyridine rings is 1. The van der Waals surface area contributed by atoms with Crippen LogP contribution in [-0.2, 0) is 4.74 Å². The highest BCUT2D eigenvalue weighted by Crippen LogP contribution is 2.52. The van der Waals surface area contributed by atoms with Crippen molar-refractivity contribution in [1.29, 1.82) is 5.26 Å². The van der Waals surface area contributed by atoms with E-state index in [1.807, 2.05) is 44.3 Å². The Balaban J connectivity index is 1.73. The lowest BCUT2D eigenvalue weighted by atomic mass is 10.2. The third kappa shape index (κ3) is 4.38. The van der Waals surface area contributed by atoms with Gasteiger partial charge in [0.15, 0.2) is 0 Å². The normalized spacial score (nSPS) is 21.6. The van der Waals surface area contributed by atoms with Gasteiger partial charge in [0.2, 0.25) is 5.88 Å². The van der Waals surface area contributed by atoms with E-state index in [9.17, 15) is 10.1 Å². The van der Waals surface area contributed by atoms with Crippen molar-refractivity contribution >= 4 is 29.6 Å². The lowest BCUT2D eigenvalue weighted by Crippen LogP contribution is -2.42. The number of aromatic nitrogens is 1. The van der Waals surface area contributed by atoms with E-state index in [4.69, 9.17) is 9.47 Å². The van der Waals surface area contributed by atoms with Crippen molar-refractivity contribution in [2.45, 2.75) is 42.9 Å². The summed E-state index contributed by atoms with van der Waals surface area (Å²) >= 11 is 3.83. The summed E-state index contributed by atoms with van der Waals surface area (Å²) in [5.74, 6) is 2.50. The third-order valence-corrected chi connectivity index (χ3v) is 7.57. The van der Waals surface area contributed by atoms with E-state index >= 15 is 0 Å². The van der Waals surface area contributed by atoms with Crippen molar-refractivity contribution < 1.29 is 14.3 Å². The van der Waals surface area contributed by atoms with Gasteiger partial charge in [0.1, 0.15) is 23.8 Å². The molecule has 1 aromatic rings. The summed E-state index contributed by atoms with van der Waals surface area (Å²) in [5, 5.41) is 9.18. The zero-order valence-electron chi connectivity index (χ0n) is 15.2. The van der Waals surface area contributed by atoms with Gasteiger partial charge in [-0.3, -0.25) is 4.90 Å². The monoisotopic (exact) mass is 393 g/mol. The highest BCUT2D eigenvalue weighted by molar-refractivity contribution is 8.21. The molecule has 2 saturated heterocycles. The van der Waals surface area contributed by atoms with Crippen molar-refractivity contribution in [1.82, 2.24) is 9.88 Å². The number of amides is 1. The van der Waals surface area contributed by atoms with Crippen LogP contribution in [0.5, 0.6) is 5.88 Å². The quantitative estimate of drug-likeness (QED) is 0.778. The molecular formula is C18H23N3O3S2. The summed E-state index contributed by atoms with van der Waals surface area (Å²) in [5.41, 5.74) is -0.142. The molecule has 0 N–H and O–H groups in total. The average Bonchev–Trinajstić information content (AvgIpc) is 3.19. The van der Waals surface area contributed by atoms with Crippen molar-refractivity contribution in [3.8, 4) is 11.9 Å². The van der Waals surface area contributed by atoms with E-state index in [-0.39, 0.29) is 16.2 Å². The van der Waals surface area contributed by atoms with Gasteiger partial charge in [-0.05, 0) is 39.3 Å². The number of likely N-dealkylation sites (tertiary alicyclic amines) is 1. The Kier molecular flexibility index (Phi) is 5.58. The first-order chi connectivity index (χ1) is 12.3. The van der Waals surface area contributed by atoms with Crippen LogP contribution in [0.15, 0.2) is 18.3 Å². The largest absolute Gasteiger partial charge is 0.475 e. The standard InChI is InChI=1S/C18H23N3O3S2/c1-17(2,3)24-16(22)21-12-18(25-7-8-26-18)9-14(21)11-23-15-13(10-19)5-4-6-20-15/h4-6,14H,7-9,11-12H2,1-3H3. The lowest BCUT2D eigenvalue weighted by Gasteiger charge is -2.28. The van der Waals surface area contributed by atoms with E-state index in [2.05, 4.69) is 11.1 Å². The van der Waals surface area contributed by atoms with Crippen molar-refractivity contribution in [3.63, 3.8) is 0 Å². The van der Waals surface area contributed by atoms with Gasteiger partial charge in [-0.15, -0.1) is 23.5 Å². The van der Waals surface area contributed by atoms with Crippen molar-refractivity contribution in [3.05, 3.63) is 23.9 Å². The summed E-state index contributed by atoms with van der Waals surface area (Å²) in [6.07, 6.45) is 2.13. The first-order valence-electron chi connectivity index (χ1n) is 8.57. The molecule has 0 aromatic carbocycles. The van der Waals surface area contributed by atoms with Crippen molar-refractivity contribution in [2.75, 3.05) is 24.7 Å². The number of hydrogen-bond donors (Lipinski definition) is 0. The fourth-order valence-electron chi connectivity index (χ4n) is 3.08. The van der Waals surface area contributed by atoms with Gasteiger partial charge in [0.25, 0.3) is 0 Å². The maximum absolute atomic E-state index is 12.7. The Morgan fingerprint density at radius 2 is 2.19 bits per heavy atom. The average molecular weight is 394 g/mol. The topological polar surface area (TPSA) is 75.4 Å². The van der Waals surface area contributed by atoms with Crippen molar-refractivity contribution in [2.24, 2.45) is 0 Å². The molecule has 26 heavy (non-hydrogen) atoms. The first kappa shape index (κ1) is 19.2. The number of carbonyl (C=O) groups excluding carboxylic acids is 1. The summed E-state index contributed by atoms with van der Waals surface area (Å²) < 4.78 is 11.4. The second kappa shape index (κ2) is 7.57. The van der Waals surface area contributed by atoms with Crippen LogP contribution in [-0.4, -0.2) is 56.4 Å². The van der Waals surface area contributed by atoms with E-state index in [0.29, 0.717) is 24.6 Å². The smallest absolute Gasteiger partial charge is 0.410 e. The maximum atomic E-state index is 12.7. The SMILES string of the molecule is CC(C)(C)OC(=O)N1CC2(CC1COc1ncccc1C#N)SCCS2. The van der Waals surface area contributed by atoms with E-state index in [1.54, 1.807) is 23.2 Å². The Bertz CT molecular complexity index is 708. The van der Waals surface area contributed by atoms with Gasteiger partial charge in [0.05, 0.1) is 10.1 Å². The molecule has 6 nitrogen and oxygen atoms in total. The minimum Gasteiger partial charge on any atom is -0.475 e. The molecule has 1 aromatic heterocycles. The zero-order chi connectivity index (χ0) is 18.8. The van der Waals surface area contributed by atoms with E-state index in [0.717, 1.165) is 17.9 Å². The molecule has 1 atom stereocenters. The number of ether oxygens (including phenoxy) is 2. The minimum atomic E-state index is -0.539. The van der Waals surface area contributed by atoms with Crippen LogP contribution in [0, 0.1) is 11.3 Å². The molecule has 1 unspecified atom stereocenters. The van der Waals surface area contributed by atoms with Crippen LogP contribution in [0.4, 0.5) is 4.79 Å². The molecule has 0 bridgehead atoms. The predicted molar refractivity (Wildman–Crippen MR) is 103 cm³/mol. The molecule has 1 spiro atoms. The van der Waals surface area contributed by atoms with E-state index in [1.165, 1.54) is 0 Å². The molecule has 2 aliphatic rings. The number of nitriles is 1. The van der Waals surface area contributed by atoms with Gasteiger partial charge in [-0.2, -0.15) is 5.26 Å². The summed E-state index contributed by atoms with van der Waals surface area (Å²) in [4.78, 5) is 18.6. The van der Waals surface area contributed by atoms with Gasteiger partial charge in [-0.25, -0.2) is 9.78 Å². The third-order valence-electron chi connectivity index (χ3n) is 4.14. The molecule has 140 valence electrons. The van der Waals surface area contributed by atoms with Crippen LogP contribution in [0.2, 0.25) is 0 Å². The number of thioether (sulfide) groups is 2. The van der Waals surface area contributed by atoms with Gasteiger partial charge in [-0.1, -0.05) is 0 Å². The fraction of sp³-hybridized carbons (Fsp3) is 0.611. The number of carbonyl (C=O) groups is 1. The second-order valence-electron chi connectivity index (χ2n) is 7.35. The number of hydrogen-bond acceptors (Lipinski definition) is 7. The molecule has 8 heteroatoms. The summed E-state index contributed by atoms with van der Waals surface area (Å²) in [6.45, 7) is 6.56. The lowest BCUT2D eigenvalue weighted by molar-refractivity contribution is 0.0185. The Labute approximate surface area is 162 Å². The number of rotatable bonds is 3. The van der Waals surface area contributed by atoms with Crippen LogP contribution in [0.25, 0.3) is 0 Å². The number of nitrogens with zero attached hydrogens (tertiary/aromatic N) is 3.